The normalized spacial score (nSPS) is 13.4. The van der Waals surface area contributed by atoms with Gasteiger partial charge in [0.05, 0.1) is 12.2 Å². The lowest BCUT2D eigenvalue weighted by Gasteiger charge is -2.12. The number of nitrogens with zero attached hydrogens (tertiary/aromatic N) is 2. The van der Waals surface area contributed by atoms with Gasteiger partial charge in [-0.1, -0.05) is 20.8 Å². The highest BCUT2D eigenvalue weighted by molar-refractivity contribution is 5.06. The number of hydrogen-bond acceptors (Lipinski definition) is 2. The molecule has 0 radical (unpaired) electrons. The highest BCUT2D eigenvalue weighted by Crippen LogP contribution is 2.15. The summed E-state index contributed by atoms with van der Waals surface area (Å²) < 4.78 is 2.08. The zero-order chi connectivity index (χ0) is 11.3. The van der Waals surface area contributed by atoms with Crippen LogP contribution in [-0.2, 0) is 6.42 Å². The smallest absolute Gasteiger partial charge is 0.0522 e. The van der Waals surface area contributed by atoms with Crippen LogP contribution in [0.25, 0.3) is 0 Å². The molecule has 2 N–H and O–H groups in total. The second kappa shape index (κ2) is 5.91. The van der Waals surface area contributed by atoms with Gasteiger partial charge in [0.2, 0.25) is 0 Å². The van der Waals surface area contributed by atoms with Crippen LogP contribution in [0.4, 0.5) is 0 Å². The largest absolute Gasteiger partial charge is 0.327 e. The molecule has 1 unspecified atom stereocenters. The Labute approximate surface area is 92.7 Å². The van der Waals surface area contributed by atoms with Gasteiger partial charge in [-0.2, -0.15) is 5.10 Å². The van der Waals surface area contributed by atoms with Gasteiger partial charge in [0.1, 0.15) is 0 Å². The maximum absolute atomic E-state index is 5.92. The molecule has 0 aliphatic carbocycles. The third kappa shape index (κ3) is 3.34. The standard InChI is InChI=1S/C12H23N3/c1-4-11(13)7-10-8-14-15(9-10)12(5-2)6-3/h8-9,11-12H,4-7,13H2,1-3H3. The van der Waals surface area contributed by atoms with Gasteiger partial charge in [-0.25, -0.2) is 0 Å². The summed E-state index contributed by atoms with van der Waals surface area (Å²) in [6.45, 7) is 6.52. The quantitative estimate of drug-likeness (QED) is 0.782. The van der Waals surface area contributed by atoms with E-state index in [1.807, 2.05) is 6.20 Å². The van der Waals surface area contributed by atoms with Crippen molar-refractivity contribution in [2.75, 3.05) is 0 Å². The van der Waals surface area contributed by atoms with Gasteiger partial charge in [-0.15, -0.1) is 0 Å². The summed E-state index contributed by atoms with van der Waals surface area (Å²) in [4.78, 5) is 0. The van der Waals surface area contributed by atoms with E-state index in [0.29, 0.717) is 6.04 Å². The Morgan fingerprint density at radius 1 is 1.27 bits per heavy atom. The zero-order valence-electron chi connectivity index (χ0n) is 10.1. The highest BCUT2D eigenvalue weighted by Gasteiger charge is 2.09. The third-order valence-electron chi connectivity index (χ3n) is 2.99. The summed E-state index contributed by atoms with van der Waals surface area (Å²) in [6.07, 6.45) is 8.34. The molecule has 0 amide bonds. The average Bonchev–Trinajstić information content (AvgIpc) is 2.68. The number of hydrogen-bond donors (Lipinski definition) is 1. The average molecular weight is 209 g/mol. The first-order chi connectivity index (χ1) is 7.21. The Morgan fingerprint density at radius 3 is 2.47 bits per heavy atom. The summed E-state index contributed by atoms with van der Waals surface area (Å²) in [6, 6.07) is 0.806. The Bertz CT molecular complexity index is 276. The zero-order valence-corrected chi connectivity index (χ0v) is 10.1. The van der Waals surface area contributed by atoms with E-state index in [2.05, 4.69) is 36.7 Å². The van der Waals surface area contributed by atoms with Crippen molar-refractivity contribution in [1.29, 1.82) is 0 Å². The maximum atomic E-state index is 5.92. The molecule has 0 bridgehead atoms. The fourth-order valence-electron chi connectivity index (χ4n) is 1.79. The molecule has 1 aromatic rings. The summed E-state index contributed by atoms with van der Waals surface area (Å²) in [5.41, 5.74) is 7.18. The molecule has 1 heterocycles. The van der Waals surface area contributed by atoms with Crippen LogP contribution in [0.5, 0.6) is 0 Å². The van der Waals surface area contributed by atoms with Crippen molar-refractivity contribution >= 4 is 0 Å². The van der Waals surface area contributed by atoms with Crippen molar-refractivity contribution in [2.45, 2.75) is 58.5 Å². The fourth-order valence-corrected chi connectivity index (χ4v) is 1.79. The summed E-state index contributed by atoms with van der Waals surface area (Å²) in [5.74, 6) is 0. The molecule has 3 heteroatoms. The SMILES string of the molecule is CCC(N)Cc1cnn(C(CC)CC)c1. The molecular weight excluding hydrogens is 186 g/mol. The van der Waals surface area contributed by atoms with Crippen LogP contribution >= 0.6 is 0 Å². The molecule has 0 fully saturated rings. The van der Waals surface area contributed by atoms with Crippen LogP contribution < -0.4 is 5.73 Å². The lowest BCUT2D eigenvalue weighted by molar-refractivity contribution is 0.428. The summed E-state index contributed by atoms with van der Waals surface area (Å²) in [5, 5.41) is 4.41. The highest BCUT2D eigenvalue weighted by atomic mass is 15.3. The Hall–Kier alpha value is -0.830. The Kier molecular flexibility index (Phi) is 4.82. The van der Waals surface area contributed by atoms with Crippen LogP contribution in [0.1, 0.15) is 51.6 Å². The second-order valence-electron chi connectivity index (χ2n) is 4.17. The van der Waals surface area contributed by atoms with Crippen molar-refractivity contribution < 1.29 is 0 Å². The monoisotopic (exact) mass is 209 g/mol. The van der Waals surface area contributed by atoms with E-state index >= 15 is 0 Å². The third-order valence-corrected chi connectivity index (χ3v) is 2.99. The van der Waals surface area contributed by atoms with E-state index in [0.717, 1.165) is 25.7 Å². The van der Waals surface area contributed by atoms with Crippen LogP contribution in [-0.4, -0.2) is 15.8 Å². The second-order valence-corrected chi connectivity index (χ2v) is 4.17. The molecule has 0 saturated heterocycles. The minimum atomic E-state index is 0.268. The first kappa shape index (κ1) is 12.2. The molecule has 1 aromatic heterocycles. The van der Waals surface area contributed by atoms with Gasteiger partial charge in [-0.05, 0) is 31.2 Å². The van der Waals surface area contributed by atoms with E-state index in [9.17, 15) is 0 Å². The molecule has 0 saturated carbocycles. The molecular formula is C12H23N3. The van der Waals surface area contributed by atoms with Gasteiger partial charge in [0, 0.05) is 12.2 Å². The lowest BCUT2D eigenvalue weighted by atomic mass is 10.1. The lowest BCUT2D eigenvalue weighted by Crippen LogP contribution is -2.21. The topological polar surface area (TPSA) is 43.8 Å². The molecule has 0 spiro atoms. The van der Waals surface area contributed by atoms with Crippen LogP contribution in [0.3, 0.4) is 0 Å². The van der Waals surface area contributed by atoms with E-state index < -0.39 is 0 Å². The van der Waals surface area contributed by atoms with Gasteiger partial charge in [-0.3, -0.25) is 4.68 Å². The van der Waals surface area contributed by atoms with Gasteiger partial charge >= 0.3 is 0 Å². The predicted molar refractivity (Wildman–Crippen MR) is 63.8 cm³/mol. The Balaban J connectivity index is 2.63. The van der Waals surface area contributed by atoms with Crippen molar-refractivity contribution in [3.63, 3.8) is 0 Å². The first-order valence-corrected chi connectivity index (χ1v) is 5.99. The van der Waals surface area contributed by atoms with Crippen LogP contribution in [0.2, 0.25) is 0 Å². The van der Waals surface area contributed by atoms with Crippen molar-refractivity contribution in [1.82, 2.24) is 9.78 Å². The van der Waals surface area contributed by atoms with Gasteiger partial charge in [0.25, 0.3) is 0 Å². The Morgan fingerprint density at radius 2 is 1.93 bits per heavy atom. The van der Waals surface area contributed by atoms with E-state index in [4.69, 9.17) is 5.73 Å². The van der Waals surface area contributed by atoms with Gasteiger partial charge < -0.3 is 5.73 Å². The minimum absolute atomic E-state index is 0.268. The molecule has 0 aliphatic rings. The molecule has 1 atom stereocenters. The van der Waals surface area contributed by atoms with E-state index in [1.54, 1.807) is 0 Å². The molecule has 0 aromatic carbocycles. The van der Waals surface area contributed by atoms with Crippen LogP contribution in [0, 0.1) is 0 Å². The van der Waals surface area contributed by atoms with Crippen LogP contribution in [0.15, 0.2) is 12.4 Å². The van der Waals surface area contributed by atoms with Crippen molar-refractivity contribution in [2.24, 2.45) is 5.73 Å². The minimum Gasteiger partial charge on any atom is -0.327 e. The molecule has 1 rings (SSSR count). The number of nitrogens with two attached hydrogens (primary N) is 1. The predicted octanol–water partition coefficient (Wildman–Crippen LogP) is 2.52. The molecule has 86 valence electrons. The number of rotatable bonds is 6. The van der Waals surface area contributed by atoms with E-state index in [-0.39, 0.29) is 6.04 Å². The van der Waals surface area contributed by atoms with E-state index in [1.165, 1.54) is 5.56 Å². The van der Waals surface area contributed by atoms with Crippen molar-refractivity contribution in [3.05, 3.63) is 18.0 Å². The summed E-state index contributed by atoms with van der Waals surface area (Å²) in [7, 11) is 0. The fraction of sp³-hybridized carbons (Fsp3) is 0.750. The first-order valence-electron chi connectivity index (χ1n) is 5.99. The van der Waals surface area contributed by atoms with Gasteiger partial charge in [0.15, 0.2) is 0 Å². The van der Waals surface area contributed by atoms with Crippen molar-refractivity contribution in [3.8, 4) is 0 Å². The summed E-state index contributed by atoms with van der Waals surface area (Å²) >= 11 is 0. The number of aromatic nitrogens is 2. The molecule has 3 nitrogen and oxygen atoms in total. The maximum Gasteiger partial charge on any atom is 0.0522 e. The molecule has 15 heavy (non-hydrogen) atoms. The molecule has 0 aliphatic heterocycles.